The van der Waals surface area contributed by atoms with Gasteiger partial charge in [0.25, 0.3) is 5.56 Å². The van der Waals surface area contributed by atoms with E-state index < -0.39 is 15.7 Å². The van der Waals surface area contributed by atoms with Crippen LogP contribution in [0.1, 0.15) is 31.9 Å². The highest BCUT2D eigenvalue weighted by molar-refractivity contribution is 7.85. The van der Waals surface area contributed by atoms with Crippen molar-refractivity contribution < 1.29 is 8.95 Å². The Morgan fingerprint density at radius 1 is 1.26 bits per heavy atom. The van der Waals surface area contributed by atoms with Crippen molar-refractivity contribution in [3.8, 4) is 0 Å². The highest BCUT2D eigenvalue weighted by Gasteiger charge is 2.20. The van der Waals surface area contributed by atoms with Crippen LogP contribution in [0.3, 0.4) is 0 Å². The second-order valence-corrected chi connectivity index (χ2v) is 9.66. The fourth-order valence-corrected chi connectivity index (χ4v) is 3.47. The van der Waals surface area contributed by atoms with Crippen molar-refractivity contribution in [3.63, 3.8) is 0 Å². The molecule has 146 valence electrons. The second-order valence-electron chi connectivity index (χ2n) is 7.72. The lowest BCUT2D eigenvalue weighted by Crippen LogP contribution is -2.40. The summed E-state index contributed by atoms with van der Waals surface area (Å²) in [5.74, 6) is 0.617. The van der Waals surface area contributed by atoms with E-state index in [0.717, 1.165) is 5.56 Å². The first-order valence-electron chi connectivity index (χ1n) is 8.98. The fraction of sp³-hybridized carbons (Fsp3) is 0.526. The van der Waals surface area contributed by atoms with E-state index in [1.165, 1.54) is 0 Å². The van der Waals surface area contributed by atoms with E-state index in [1.807, 2.05) is 39.8 Å². The highest BCUT2D eigenvalue weighted by Crippen LogP contribution is 2.20. The molecule has 0 aliphatic carbocycles. The Morgan fingerprint density at radius 3 is 2.56 bits per heavy atom. The van der Waals surface area contributed by atoms with Gasteiger partial charge in [0.2, 0.25) is 5.95 Å². The maximum absolute atomic E-state index is 13.0. The number of aryl methyl sites for hydroxylation is 1. The van der Waals surface area contributed by atoms with E-state index in [4.69, 9.17) is 9.72 Å². The van der Waals surface area contributed by atoms with Crippen LogP contribution in [0.2, 0.25) is 0 Å². The number of ether oxygens (including phenoxy) is 1. The SMILES string of the molecule is Cc1cc(C=NS(=O)C(C)(C)C)c2nc(N3CCOCC3)n(C)c(=O)c2c1. The van der Waals surface area contributed by atoms with Gasteiger partial charge in [-0.3, -0.25) is 9.36 Å². The number of hydrogen-bond donors (Lipinski definition) is 0. The van der Waals surface area contributed by atoms with Crippen molar-refractivity contribution in [2.24, 2.45) is 11.4 Å². The molecule has 1 aliphatic rings. The number of morpholine rings is 1. The lowest BCUT2D eigenvalue weighted by Gasteiger charge is -2.29. The Labute approximate surface area is 161 Å². The molecule has 0 radical (unpaired) electrons. The molecule has 0 spiro atoms. The number of hydrogen-bond acceptors (Lipinski definition) is 5. The van der Waals surface area contributed by atoms with Crippen molar-refractivity contribution in [3.05, 3.63) is 33.6 Å². The number of fused-ring (bicyclic) bond motifs is 1. The molecule has 0 bridgehead atoms. The van der Waals surface area contributed by atoms with Gasteiger partial charge in [-0.1, -0.05) is 0 Å². The van der Waals surface area contributed by atoms with Gasteiger partial charge < -0.3 is 9.64 Å². The van der Waals surface area contributed by atoms with Gasteiger partial charge in [-0.2, -0.15) is 4.40 Å². The van der Waals surface area contributed by atoms with Crippen LogP contribution in [-0.4, -0.2) is 51.0 Å². The van der Waals surface area contributed by atoms with Crippen molar-refractivity contribution in [2.75, 3.05) is 31.2 Å². The molecule has 27 heavy (non-hydrogen) atoms. The summed E-state index contributed by atoms with van der Waals surface area (Å²) in [6.07, 6.45) is 1.58. The Kier molecular flexibility index (Phi) is 5.48. The molecule has 2 heterocycles. The number of benzene rings is 1. The van der Waals surface area contributed by atoms with Crippen LogP contribution in [0.4, 0.5) is 5.95 Å². The average molecular weight is 391 g/mol. The summed E-state index contributed by atoms with van der Waals surface area (Å²) in [5.41, 5.74) is 2.12. The largest absolute Gasteiger partial charge is 0.378 e. The molecule has 3 rings (SSSR count). The number of rotatable bonds is 3. The predicted molar refractivity (Wildman–Crippen MR) is 110 cm³/mol. The standard InChI is InChI=1S/C19H26N4O3S/c1-13-10-14(12-20-27(25)19(2,3)4)16-15(11-13)17(24)22(5)18(21-16)23-6-8-26-9-7-23/h10-12H,6-9H2,1-5H3. The molecule has 1 aliphatic heterocycles. The zero-order chi connectivity index (χ0) is 19.8. The molecular weight excluding hydrogens is 364 g/mol. The normalized spacial score (nSPS) is 17.0. The summed E-state index contributed by atoms with van der Waals surface area (Å²) in [6, 6.07) is 3.76. The van der Waals surface area contributed by atoms with E-state index in [2.05, 4.69) is 9.30 Å². The molecule has 0 saturated carbocycles. The van der Waals surface area contributed by atoms with Gasteiger partial charge >= 0.3 is 0 Å². The predicted octanol–water partition coefficient (Wildman–Crippen LogP) is 1.96. The minimum Gasteiger partial charge on any atom is -0.378 e. The molecular formula is C19H26N4O3S. The zero-order valence-electron chi connectivity index (χ0n) is 16.5. The topological polar surface area (TPSA) is 76.8 Å². The molecule has 1 saturated heterocycles. The first-order chi connectivity index (χ1) is 12.7. The molecule has 2 aromatic rings. The van der Waals surface area contributed by atoms with E-state index in [-0.39, 0.29) is 5.56 Å². The fourth-order valence-electron chi connectivity index (χ4n) is 2.95. The molecule has 8 heteroatoms. The number of aromatic nitrogens is 2. The van der Waals surface area contributed by atoms with Gasteiger partial charge in [-0.15, -0.1) is 0 Å². The van der Waals surface area contributed by atoms with Crippen molar-refractivity contribution in [2.45, 2.75) is 32.4 Å². The highest BCUT2D eigenvalue weighted by atomic mass is 32.2. The lowest BCUT2D eigenvalue weighted by molar-refractivity contribution is 0.121. The quantitative estimate of drug-likeness (QED) is 0.749. The first kappa shape index (κ1) is 19.7. The summed E-state index contributed by atoms with van der Waals surface area (Å²) in [5, 5.41) is 0.539. The molecule has 1 unspecified atom stereocenters. The van der Waals surface area contributed by atoms with Crippen molar-refractivity contribution in [1.82, 2.24) is 9.55 Å². The lowest BCUT2D eigenvalue weighted by atomic mass is 10.1. The maximum atomic E-state index is 13.0. The Morgan fingerprint density at radius 2 is 1.93 bits per heavy atom. The second kappa shape index (κ2) is 7.52. The third-order valence-corrected chi connectivity index (χ3v) is 5.78. The Balaban J connectivity index is 2.16. The molecule has 1 aromatic heterocycles. The number of anilines is 1. The third kappa shape index (κ3) is 4.11. The van der Waals surface area contributed by atoms with Crippen LogP contribution in [0.5, 0.6) is 0 Å². The van der Waals surface area contributed by atoms with Crippen LogP contribution in [-0.2, 0) is 22.8 Å². The molecule has 1 aromatic carbocycles. The van der Waals surface area contributed by atoms with Crippen LogP contribution in [0.25, 0.3) is 10.9 Å². The molecule has 0 N–H and O–H groups in total. The van der Waals surface area contributed by atoms with Gasteiger partial charge in [-0.05, 0) is 45.4 Å². The van der Waals surface area contributed by atoms with E-state index in [0.29, 0.717) is 48.7 Å². The van der Waals surface area contributed by atoms with Crippen LogP contribution in [0, 0.1) is 6.92 Å². The summed E-state index contributed by atoms with van der Waals surface area (Å²) in [4.78, 5) is 19.8. The minimum absolute atomic E-state index is 0.100. The maximum Gasteiger partial charge on any atom is 0.262 e. The van der Waals surface area contributed by atoms with Crippen LogP contribution in [0.15, 0.2) is 21.3 Å². The van der Waals surface area contributed by atoms with Gasteiger partial charge in [-0.25, -0.2) is 9.19 Å². The smallest absolute Gasteiger partial charge is 0.262 e. The molecule has 7 nitrogen and oxygen atoms in total. The zero-order valence-corrected chi connectivity index (χ0v) is 17.3. The van der Waals surface area contributed by atoms with Gasteiger partial charge in [0.1, 0.15) is 11.0 Å². The van der Waals surface area contributed by atoms with Crippen molar-refractivity contribution in [1.29, 1.82) is 0 Å². The summed E-state index contributed by atoms with van der Waals surface area (Å²) in [6.45, 7) is 10.1. The Bertz CT molecular complexity index is 970. The van der Waals surface area contributed by atoms with Crippen molar-refractivity contribution >= 4 is 34.1 Å². The molecule has 1 fully saturated rings. The summed E-state index contributed by atoms with van der Waals surface area (Å²) >= 11 is 0. The number of nitrogens with zero attached hydrogens (tertiary/aromatic N) is 4. The van der Waals surface area contributed by atoms with Gasteiger partial charge in [0, 0.05) is 31.9 Å². The molecule has 1 atom stereocenters. The van der Waals surface area contributed by atoms with Gasteiger partial charge in [0.15, 0.2) is 0 Å². The molecule has 0 amide bonds. The summed E-state index contributed by atoms with van der Waals surface area (Å²) < 4.78 is 23.1. The average Bonchev–Trinajstić information content (AvgIpc) is 2.62. The van der Waals surface area contributed by atoms with E-state index in [9.17, 15) is 9.00 Å². The summed E-state index contributed by atoms with van der Waals surface area (Å²) in [7, 11) is 0.365. The minimum atomic E-state index is -1.38. The Hall–Kier alpha value is -2.06. The van der Waals surface area contributed by atoms with Crippen LogP contribution >= 0.6 is 0 Å². The van der Waals surface area contributed by atoms with E-state index in [1.54, 1.807) is 17.8 Å². The van der Waals surface area contributed by atoms with Crippen LogP contribution < -0.4 is 10.5 Å². The first-order valence-corrected chi connectivity index (χ1v) is 10.1. The van der Waals surface area contributed by atoms with Gasteiger partial charge in [0.05, 0.1) is 28.9 Å². The third-order valence-electron chi connectivity index (χ3n) is 4.44. The van der Waals surface area contributed by atoms with E-state index >= 15 is 0 Å². The monoisotopic (exact) mass is 390 g/mol.